The van der Waals surface area contributed by atoms with Crippen LogP contribution >= 0.6 is 0 Å². The second-order valence-electron chi connectivity index (χ2n) is 3.38. The van der Waals surface area contributed by atoms with Crippen LogP contribution in [0.4, 0.5) is 4.79 Å². The molecular formula is C11H11N3O2. The quantitative estimate of drug-likeness (QED) is 0.532. The van der Waals surface area contributed by atoms with Crippen molar-refractivity contribution in [2.75, 3.05) is 0 Å². The van der Waals surface area contributed by atoms with Gasteiger partial charge in [-0.1, -0.05) is 18.2 Å². The van der Waals surface area contributed by atoms with E-state index in [-0.39, 0.29) is 0 Å². The molecule has 0 radical (unpaired) electrons. The number of nitrogens with zero attached hydrogens (tertiary/aromatic N) is 1. The van der Waals surface area contributed by atoms with Gasteiger partial charge in [0.25, 0.3) is 0 Å². The summed E-state index contributed by atoms with van der Waals surface area (Å²) in [6.07, 6.45) is 0.330. The molecule has 0 bridgehead atoms. The van der Waals surface area contributed by atoms with Crippen LogP contribution in [-0.4, -0.2) is 22.4 Å². The number of aromatic amines is 1. The van der Waals surface area contributed by atoms with E-state index in [1.165, 1.54) is 6.21 Å². The van der Waals surface area contributed by atoms with E-state index in [2.05, 4.69) is 10.1 Å². The number of hydrogen-bond donors (Lipinski definition) is 3. The number of rotatable bonds is 2. The number of hydrogen-bond acceptors (Lipinski definition) is 2. The fourth-order valence-corrected chi connectivity index (χ4v) is 1.62. The highest BCUT2D eigenvalue weighted by molar-refractivity contribution is 6.00. The Morgan fingerprint density at radius 1 is 1.50 bits per heavy atom. The summed E-state index contributed by atoms with van der Waals surface area (Å²) in [6.45, 7) is 1.92. The van der Waals surface area contributed by atoms with E-state index in [1.807, 2.05) is 36.6 Å². The van der Waals surface area contributed by atoms with Crippen molar-refractivity contribution in [3.05, 3.63) is 35.5 Å². The molecule has 0 aliphatic rings. The molecule has 3 N–H and O–H groups in total. The van der Waals surface area contributed by atoms with E-state index in [4.69, 9.17) is 5.11 Å². The number of aromatic nitrogens is 1. The summed E-state index contributed by atoms with van der Waals surface area (Å²) in [5.41, 5.74) is 4.81. The van der Waals surface area contributed by atoms with Gasteiger partial charge in [0, 0.05) is 22.2 Å². The summed E-state index contributed by atoms with van der Waals surface area (Å²) in [5.74, 6) is 0. The first-order valence-electron chi connectivity index (χ1n) is 4.78. The van der Waals surface area contributed by atoms with Gasteiger partial charge in [0.15, 0.2) is 0 Å². The Bertz CT molecular complexity index is 557. The molecule has 0 aliphatic carbocycles. The monoisotopic (exact) mass is 217 g/mol. The minimum Gasteiger partial charge on any atom is -0.464 e. The molecule has 0 saturated carbocycles. The van der Waals surface area contributed by atoms with Gasteiger partial charge in [-0.3, -0.25) is 0 Å². The maximum atomic E-state index is 10.2. The molecule has 0 unspecified atom stereocenters. The van der Waals surface area contributed by atoms with E-state index < -0.39 is 6.09 Å². The Kier molecular flexibility index (Phi) is 2.59. The Hall–Kier alpha value is -2.30. The van der Waals surface area contributed by atoms with Gasteiger partial charge >= 0.3 is 6.09 Å². The lowest BCUT2D eigenvalue weighted by Gasteiger charge is -1.93. The molecule has 16 heavy (non-hydrogen) atoms. The van der Waals surface area contributed by atoms with Gasteiger partial charge < -0.3 is 10.1 Å². The molecule has 0 atom stereocenters. The lowest BCUT2D eigenvalue weighted by atomic mass is 10.1. The molecule has 5 nitrogen and oxygen atoms in total. The van der Waals surface area contributed by atoms with Crippen LogP contribution in [0.5, 0.6) is 0 Å². The van der Waals surface area contributed by atoms with Crippen LogP contribution in [0.3, 0.4) is 0 Å². The van der Waals surface area contributed by atoms with Crippen LogP contribution in [-0.2, 0) is 0 Å². The first-order chi connectivity index (χ1) is 7.68. The molecule has 1 heterocycles. The van der Waals surface area contributed by atoms with Gasteiger partial charge in [-0.15, -0.1) is 0 Å². The number of amides is 1. The van der Waals surface area contributed by atoms with Gasteiger partial charge in [-0.05, 0) is 13.0 Å². The first-order valence-corrected chi connectivity index (χ1v) is 4.78. The number of carboxylic acid groups (broad SMARTS) is 1. The Morgan fingerprint density at radius 3 is 3.00 bits per heavy atom. The lowest BCUT2D eigenvalue weighted by Crippen LogP contribution is -2.13. The Labute approximate surface area is 91.8 Å². The molecule has 1 amide bonds. The third-order valence-corrected chi connectivity index (χ3v) is 2.30. The highest BCUT2D eigenvalue weighted by Crippen LogP contribution is 2.19. The Balaban J connectivity index is 2.39. The molecule has 1 aromatic carbocycles. The second-order valence-corrected chi connectivity index (χ2v) is 3.38. The van der Waals surface area contributed by atoms with E-state index in [1.54, 1.807) is 0 Å². The highest BCUT2D eigenvalue weighted by atomic mass is 16.4. The molecule has 2 aromatic rings. The van der Waals surface area contributed by atoms with Crippen molar-refractivity contribution in [2.45, 2.75) is 6.92 Å². The summed E-state index contributed by atoms with van der Waals surface area (Å²) in [7, 11) is 0. The van der Waals surface area contributed by atoms with Gasteiger partial charge in [0.05, 0.1) is 6.21 Å². The standard InChI is InChI=1S/C11H11N3O2/c1-7-9(6-12-14-11(15)16)8-4-2-3-5-10(8)13-7/h2-6,13-14H,1H3,(H,15,16). The van der Waals surface area contributed by atoms with E-state index in [0.29, 0.717) is 0 Å². The van der Waals surface area contributed by atoms with Crippen LogP contribution in [0.1, 0.15) is 11.3 Å². The fourth-order valence-electron chi connectivity index (χ4n) is 1.62. The summed E-state index contributed by atoms with van der Waals surface area (Å²) in [5, 5.41) is 13.0. The van der Waals surface area contributed by atoms with E-state index in [9.17, 15) is 4.79 Å². The largest absolute Gasteiger partial charge is 0.464 e. The summed E-state index contributed by atoms with van der Waals surface area (Å²) in [4.78, 5) is 13.4. The molecule has 82 valence electrons. The van der Waals surface area contributed by atoms with Crippen LogP contribution in [0.15, 0.2) is 29.4 Å². The highest BCUT2D eigenvalue weighted by Gasteiger charge is 2.04. The molecule has 0 fully saturated rings. The number of benzene rings is 1. The summed E-state index contributed by atoms with van der Waals surface area (Å²) >= 11 is 0. The van der Waals surface area contributed by atoms with Gasteiger partial charge in [0.1, 0.15) is 0 Å². The molecule has 0 aliphatic heterocycles. The molecule has 5 heteroatoms. The maximum Gasteiger partial charge on any atom is 0.425 e. The average molecular weight is 217 g/mol. The molecule has 0 saturated heterocycles. The number of para-hydroxylation sites is 1. The lowest BCUT2D eigenvalue weighted by molar-refractivity contribution is 0.195. The zero-order valence-electron chi connectivity index (χ0n) is 8.69. The molecule has 2 rings (SSSR count). The van der Waals surface area contributed by atoms with Crippen molar-refractivity contribution in [3.63, 3.8) is 0 Å². The van der Waals surface area contributed by atoms with Crippen LogP contribution in [0.2, 0.25) is 0 Å². The second kappa shape index (κ2) is 4.06. The number of H-pyrrole nitrogens is 1. The predicted octanol–water partition coefficient (Wildman–Crippen LogP) is 2.08. The Morgan fingerprint density at radius 2 is 2.25 bits per heavy atom. The van der Waals surface area contributed by atoms with Crippen molar-refractivity contribution in [2.24, 2.45) is 5.10 Å². The maximum absolute atomic E-state index is 10.2. The third kappa shape index (κ3) is 1.88. The predicted molar refractivity (Wildman–Crippen MR) is 61.8 cm³/mol. The molecular weight excluding hydrogens is 206 g/mol. The number of fused-ring (bicyclic) bond motifs is 1. The van der Waals surface area contributed by atoms with Crippen molar-refractivity contribution in [3.8, 4) is 0 Å². The van der Waals surface area contributed by atoms with Crippen molar-refractivity contribution >= 4 is 23.2 Å². The van der Waals surface area contributed by atoms with Gasteiger partial charge in [0.2, 0.25) is 0 Å². The third-order valence-electron chi connectivity index (χ3n) is 2.30. The first kappa shape index (κ1) is 10.2. The van der Waals surface area contributed by atoms with Crippen LogP contribution in [0, 0.1) is 6.92 Å². The zero-order chi connectivity index (χ0) is 11.5. The minimum absolute atomic E-state index is 0.893. The van der Waals surface area contributed by atoms with Crippen molar-refractivity contribution < 1.29 is 9.90 Å². The van der Waals surface area contributed by atoms with E-state index in [0.717, 1.165) is 22.2 Å². The minimum atomic E-state index is -1.17. The SMILES string of the molecule is Cc1[nH]c2ccccc2c1C=NNC(=O)O. The van der Waals surface area contributed by atoms with Crippen molar-refractivity contribution in [1.82, 2.24) is 10.4 Å². The summed E-state index contributed by atoms with van der Waals surface area (Å²) < 4.78 is 0. The van der Waals surface area contributed by atoms with Gasteiger partial charge in [-0.25, -0.2) is 10.2 Å². The van der Waals surface area contributed by atoms with Gasteiger partial charge in [-0.2, -0.15) is 5.10 Å². The van der Waals surface area contributed by atoms with Crippen LogP contribution < -0.4 is 5.43 Å². The average Bonchev–Trinajstić information content (AvgIpc) is 2.55. The number of carbonyl (C=O) groups is 1. The molecule has 1 aromatic heterocycles. The number of aryl methyl sites for hydroxylation is 1. The van der Waals surface area contributed by atoms with Crippen LogP contribution in [0.25, 0.3) is 10.9 Å². The van der Waals surface area contributed by atoms with Crippen molar-refractivity contribution in [1.29, 1.82) is 0 Å². The number of nitrogens with one attached hydrogen (secondary N) is 2. The smallest absolute Gasteiger partial charge is 0.425 e. The topological polar surface area (TPSA) is 77.5 Å². The molecule has 0 spiro atoms. The summed E-state index contributed by atoms with van der Waals surface area (Å²) in [6, 6.07) is 7.79. The zero-order valence-corrected chi connectivity index (χ0v) is 8.69. The fraction of sp³-hybridized carbons (Fsp3) is 0.0909. The number of hydrazone groups is 1. The van der Waals surface area contributed by atoms with E-state index >= 15 is 0 Å². The normalized spacial score (nSPS) is 11.1.